The largest absolute Gasteiger partial charge is 0.264 e. The maximum Gasteiger partial charge on any atom is 0.0346 e. The zero-order chi connectivity index (χ0) is 15.6. The summed E-state index contributed by atoms with van der Waals surface area (Å²) in [5, 5.41) is 2.46. The summed E-state index contributed by atoms with van der Waals surface area (Å²) in [6.45, 7) is 0. The van der Waals surface area contributed by atoms with Crippen molar-refractivity contribution in [1.29, 1.82) is 0 Å². The summed E-state index contributed by atoms with van der Waals surface area (Å²) in [5.41, 5.74) is 4.78. The van der Waals surface area contributed by atoms with Crippen LogP contribution in [0, 0.1) is 0 Å². The molecule has 1 aromatic heterocycles. The van der Waals surface area contributed by atoms with Gasteiger partial charge in [0.2, 0.25) is 0 Å². The van der Waals surface area contributed by atoms with Gasteiger partial charge in [-0.15, -0.1) is 0 Å². The molecule has 0 radical (unpaired) electrons. The molecule has 0 saturated carbocycles. The van der Waals surface area contributed by atoms with E-state index in [4.69, 9.17) is 0 Å². The average molecular weight is 360 g/mol. The maximum atomic E-state index is 4.28. The number of nitrogens with zero attached hydrogens (tertiary/aromatic N) is 1. The summed E-state index contributed by atoms with van der Waals surface area (Å²) in [6.07, 6.45) is 3.73. The van der Waals surface area contributed by atoms with Crippen molar-refractivity contribution < 1.29 is 0 Å². The van der Waals surface area contributed by atoms with Gasteiger partial charge in [-0.05, 0) is 57.8 Å². The number of fused-ring (bicyclic) bond motifs is 1. The van der Waals surface area contributed by atoms with Crippen molar-refractivity contribution >= 4 is 26.7 Å². The van der Waals surface area contributed by atoms with Crippen molar-refractivity contribution in [1.82, 2.24) is 4.98 Å². The van der Waals surface area contributed by atoms with Crippen LogP contribution in [0.4, 0.5) is 0 Å². The number of rotatable bonds is 2. The van der Waals surface area contributed by atoms with Crippen molar-refractivity contribution in [2.45, 2.75) is 0 Å². The molecule has 4 aromatic rings. The second kappa shape index (κ2) is 5.98. The lowest BCUT2D eigenvalue weighted by atomic mass is 9.94. The topological polar surface area (TPSA) is 12.9 Å². The van der Waals surface area contributed by atoms with Gasteiger partial charge in [0.05, 0.1) is 0 Å². The average Bonchev–Trinajstić information content (AvgIpc) is 2.62. The van der Waals surface area contributed by atoms with Gasteiger partial charge in [-0.2, -0.15) is 0 Å². The number of hydrogen-bond donors (Lipinski definition) is 0. The van der Waals surface area contributed by atoms with E-state index in [1.54, 1.807) is 0 Å². The zero-order valence-corrected chi connectivity index (χ0v) is 14.0. The van der Waals surface area contributed by atoms with Crippen LogP contribution in [0.3, 0.4) is 0 Å². The first kappa shape index (κ1) is 14.2. The molecular weight excluding hydrogens is 346 g/mol. The van der Waals surface area contributed by atoms with E-state index in [9.17, 15) is 0 Å². The van der Waals surface area contributed by atoms with Crippen molar-refractivity contribution in [3.63, 3.8) is 0 Å². The quantitative estimate of drug-likeness (QED) is 0.407. The predicted octanol–water partition coefficient (Wildman–Crippen LogP) is 6.33. The van der Waals surface area contributed by atoms with Crippen LogP contribution in [0.2, 0.25) is 0 Å². The second-order valence-corrected chi connectivity index (χ2v) is 6.41. The zero-order valence-electron chi connectivity index (χ0n) is 12.4. The lowest BCUT2D eigenvalue weighted by Crippen LogP contribution is -1.86. The number of hydrogen-bond acceptors (Lipinski definition) is 1. The minimum absolute atomic E-state index is 1.09. The molecule has 0 amide bonds. The van der Waals surface area contributed by atoms with Crippen molar-refractivity contribution in [2.24, 2.45) is 0 Å². The fourth-order valence-electron chi connectivity index (χ4n) is 2.89. The van der Waals surface area contributed by atoms with Gasteiger partial charge in [-0.1, -0.05) is 58.4 Å². The van der Waals surface area contributed by atoms with Crippen molar-refractivity contribution in [2.75, 3.05) is 0 Å². The molecule has 1 heterocycles. The molecule has 0 aliphatic rings. The highest BCUT2D eigenvalue weighted by Crippen LogP contribution is 2.35. The number of pyridine rings is 1. The van der Waals surface area contributed by atoms with Gasteiger partial charge in [0, 0.05) is 22.4 Å². The summed E-state index contributed by atoms with van der Waals surface area (Å²) in [7, 11) is 0. The Morgan fingerprint density at radius 3 is 2.30 bits per heavy atom. The summed E-state index contributed by atoms with van der Waals surface area (Å²) >= 11 is 3.59. The number of halogens is 1. The van der Waals surface area contributed by atoms with Gasteiger partial charge in [0.25, 0.3) is 0 Å². The lowest BCUT2D eigenvalue weighted by molar-refractivity contribution is 1.33. The molecule has 23 heavy (non-hydrogen) atoms. The van der Waals surface area contributed by atoms with Gasteiger partial charge in [0.1, 0.15) is 0 Å². The molecule has 0 atom stereocenters. The van der Waals surface area contributed by atoms with Crippen LogP contribution in [0.5, 0.6) is 0 Å². The Morgan fingerprint density at radius 1 is 0.696 bits per heavy atom. The van der Waals surface area contributed by atoms with Gasteiger partial charge in [-0.25, -0.2) is 0 Å². The molecule has 1 nitrogen and oxygen atoms in total. The smallest absolute Gasteiger partial charge is 0.0346 e. The Morgan fingerprint density at radius 2 is 1.52 bits per heavy atom. The third kappa shape index (κ3) is 2.78. The van der Waals surface area contributed by atoms with E-state index in [1.165, 1.54) is 27.5 Å². The Kier molecular flexibility index (Phi) is 3.68. The van der Waals surface area contributed by atoms with Crippen LogP contribution in [0.25, 0.3) is 33.0 Å². The molecule has 110 valence electrons. The van der Waals surface area contributed by atoms with E-state index in [1.807, 2.05) is 24.5 Å². The van der Waals surface area contributed by atoms with E-state index in [2.05, 4.69) is 81.6 Å². The highest BCUT2D eigenvalue weighted by Gasteiger charge is 2.08. The van der Waals surface area contributed by atoms with Crippen LogP contribution >= 0.6 is 15.9 Å². The van der Waals surface area contributed by atoms with Gasteiger partial charge in [0.15, 0.2) is 0 Å². The van der Waals surface area contributed by atoms with Crippen LogP contribution in [0.15, 0.2) is 89.7 Å². The first-order chi connectivity index (χ1) is 11.3. The van der Waals surface area contributed by atoms with Crippen LogP contribution in [-0.2, 0) is 0 Å². The molecule has 0 bridgehead atoms. The Labute approximate surface area is 143 Å². The molecule has 4 rings (SSSR count). The van der Waals surface area contributed by atoms with Crippen LogP contribution in [-0.4, -0.2) is 4.98 Å². The molecule has 0 fully saturated rings. The first-order valence-corrected chi connectivity index (χ1v) is 8.30. The maximum absolute atomic E-state index is 4.28. The van der Waals surface area contributed by atoms with Gasteiger partial charge in [-0.3, -0.25) is 4.98 Å². The minimum atomic E-state index is 1.09. The fraction of sp³-hybridized carbons (Fsp3) is 0. The summed E-state index contributed by atoms with van der Waals surface area (Å²) in [4.78, 5) is 4.28. The third-order valence-electron chi connectivity index (χ3n) is 4.00. The molecular formula is C21H14BrN. The normalized spacial score (nSPS) is 10.8. The predicted molar refractivity (Wildman–Crippen MR) is 100 cm³/mol. The van der Waals surface area contributed by atoms with E-state index in [0.29, 0.717) is 0 Å². The minimum Gasteiger partial charge on any atom is -0.264 e. The van der Waals surface area contributed by atoms with Gasteiger partial charge >= 0.3 is 0 Å². The molecule has 0 aliphatic carbocycles. The molecule has 0 N–H and O–H groups in total. The standard InChI is InChI=1S/C21H14BrN/c22-19-9-8-16-11-18(15-5-2-1-3-6-15)12-20(21(16)13-19)17-7-4-10-23-14-17/h1-14H. The molecule has 0 aliphatic heterocycles. The third-order valence-corrected chi connectivity index (χ3v) is 4.49. The highest BCUT2D eigenvalue weighted by atomic mass is 79.9. The lowest BCUT2D eigenvalue weighted by Gasteiger charge is -2.11. The Bertz CT molecular complexity index is 963. The van der Waals surface area contributed by atoms with E-state index < -0.39 is 0 Å². The molecule has 0 unspecified atom stereocenters. The summed E-state index contributed by atoms with van der Waals surface area (Å²) in [5.74, 6) is 0. The highest BCUT2D eigenvalue weighted by molar-refractivity contribution is 9.10. The Hall–Kier alpha value is -2.45. The SMILES string of the molecule is Brc1ccc2cc(-c3ccccc3)cc(-c3cccnc3)c2c1. The van der Waals surface area contributed by atoms with Crippen LogP contribution < -0.4 is 0 Å². The van der Waals surface area contributed by atoms with Crippen LogP contribution in [0.1, 0.15) is 0 Å². The van der Waals surface area contributed by atoms with E-state index >= 15 is 0 Å². The van der Waals surface area contributed by atoms with Gasteiger partial charge < -0.3 is 0 Å². The van der Waals surface area contributed by atoms with Crippen molar-refractivity contribution in [3.8, 4) is 22.3 Å². The molecule has 3 aromatic carbocycles. The molecule has 0 saturated heterocycles. The number of benzene rings is 3. The first-order valence-electron chi connectivity index (χ1n) is 7.50. The summed E-state index contributed by atoms with van der Waals surface area (Å²) < 4.78 is 1.09. The Balaban J connectivity index is 2.04. The fourth-order valence-corrected chi connectivity index (χ4v) is 3.25. The molecule has 0 spiro atoms. The second-order valence-electron chi connectivity index (χ2n) is 5.50. The molecule has 2 heteroatoms. The monoisotopic (exact) mass is 359 g/mol. The summed E-state index contributed by atoms with van der Waals surface area (Å²) in [6, 6.07) is 25.5. The number of aromatic nitrogens is 1. The van der Waals surface area contributed by atoms with E-state index in [0.717, 1.165) is 10.0 Å². The van der Waals surface area contributed by atoms with E-state index in [-0.39, 0.29) is 0 Å². The van der Waals surface area contributed by atoms with Crippen molar-refractivity contribution in [3.05, 3.63) is 89.7 Å².